The third-order valence-corrected chi connectivity index (χ3v) is 5.56. The molecule has 1 saturated carbocycles. The van der Waals surface area contributed by atoms with Crippen LogP contribution in [0.3, 0.4) is 0 Å². The van der Waals surface area contributed by atoms with Gasteiger partial charge in [-0.05, 0) is 37.8 Å². The van der Waals surface area contributed by atoms with Gasteiger partial charge < -0.3 is 10.6 Å². The van der Waals surface area contributed by atoms with Crippen LogP contribution in [0.4, 0.5) is 5.69 Å². The topological polar surface area (TPSA) is 46.3 Å². The standard InChI is InChI=1S/C15H17BrN2OS/c1-2-18(8-9-6-7-9)15(19)14-13(17)12-10(16)4-3-5-11(12)20-14/h3-5,9H,2,6-8,17H2,1H3. The fraction of sp³-hybridized carbons (Fsp3) is 0.400. The summed E-state index contributed by atoms with van der Waals surface area (Å²) in [4.78, 5) is 15.3. The number of hydrogen-bond acceptors (Lipinski definition) is 3. The highest BCUT2D eigenvalue weighted by Crippen LogP contribution is 2.39. The van der Waals surface area contributed by atoms with Gasteiger partial charge in [-0.2, -0.15) is 0 Å². The van der Waals surface area contributed by atoms with E-state index >= 15 is 0 Å². The molecular formula is C15H17BrN2OS. The van der Waals surface area contributed by atoms with Crippen molar-refractivity contribution in [3.05, 3.63) is 27.5 Å². The second-order valence-electron chi connectivity index (χ2n) is 5.24. The summed E-state index contributed by atoms with van der Waals surface area (Å²) in [6.07, 6.45) is 2.49. The zero-order valence-electron chi connectivity index (χ0n) is 11.4. The Morgan fingerprint density at radius 3 is 2.85 bits per heavy atom. The van der Waals surface area contributed by atoms with E-state index < -0.39 is 0 Å². The van der Waals surface area contributed by atoms with Gasteiger partial charge >= 0.3 is 0 Å². The van der Waals surface area contributed by atoms with Crippen molar-refractivity contribution >= 4 is 48.9 Å². The first-order valence-electron chi connectivity index (χ1n) is 6.87. The summed E-state index contributed by atoms with van der Waals surface area (Å²) in [6, 6.07) is 5.94. The average Bonchev–Trinajstić information content (AvgIpc) is 3.19. The lowest BCUT2D eigenvalue weighted by Gasteiger charge is -2.20. The van der Waals surface area contributed by atoms with Crippen LogP contribution in [0.2, 0.25) is 0 Å². The second-order valence-corrected chi connectivity index (χ2v) is 7.15. The van der Waals surface area contributed by atoms with Crippen LogP contribution in [0.5, 0.6) is 0 Å². The normalized spacial score (nSPS) is 14.7. The Hall–Kier alpha value is -1.07. The van der Waals surface area contributed by atoms with E-state index in [0.29, 0.717) is 16.5 Å². The SMILES string of the molecule is CCN(CC1CC1)C(=O)c1sc2cccc(Br)c2c1N. The number of carbonyl (C=O) groups excluding carboxylic acids is 1. The van der Waals surface area contributed by atoms with E-state index in [-0.39, 0.29) is 5.91 Å². The van der Waals surface area contributed by atoms with Crippen LogP contribution in [-0.2, 0) is 0 Å². The molecule has 1 aliphatic rings. The minimum absolute atomic E-state index is 0.0741. The molecule has 1 fully saturated rings. The fourth-order valence-electron chi connectivity index (χ4n) is 2.40. The maximum absolute atomic E-state index is 12.7. The Kier molecular flexibility index (Phi) is 3.73. The van der Waals surface area contributed by atoms with Crippen molar-refractivity contribution in [1.82, 2.24) is 4.90 Å². The number of hydrogen-bond donors (Lipinski definition) is 1. The number of thiophene rings is 1. The maximum Gasteiger partial charge on any atom is 0.266 e. The van der Waals surface area contributed by atoms with Crippen molar-refractivity contribution in [1.29, 1.82) is 0 Å². The molecule has 1 aromatic heterocycles. The molecule has 1 aromatic carbocycles. The summed E-state index contributed by atoms with van der Waals surface area (Å²) < 4.78 is 2.01. The fourth-order valence-corrected chi connectivity index (χ4v) is 4.23. The van der Waals surface area contributed by atoms with Crippen LogP contribution in [0, 0.1) is 5.92 Å². The lowest BCUT2D eigenvalue weighted by Crippen LogP contribution is -2.32. The molecule has 0 atom stereocenters. The number of nitrogen functional groups attached to an aromatic ring is 1. The molecule has 0 spiro atoms. The molecule has 20 heavy (non-hydrogen) atoms. The minimum atomic E-state index is 0.0741. The van der Waals surface area contributed by atoms with Crippen LogP contribution in [0.25, 0.3) is 10.1 Å². The monoisotopic (exact) mass is 352 g/mol. The summed E-state index contributed by atoms with van der Waals surface area (Å²) >= 11 is 5.01. The first-order valence-corrected chi connectivity index (χ1v) is 8.48. The smallest absolute Gasteiger partial charge is 0.266 e. The van der Waals surface area contributed by atoms with E-state index in [9.17, 15) is 4.79 Å². The molecule has 2 N–H and O–H groups in total. The van der Waals surface area contributed by atoms with Gasteiger partial charge in [0.2, 0.25) is 0 Å². The Bertz CT molecular complexity index is 663. The van der Waals surface area contributed by atoms with E-state index in [4.69, 9.17) is 5.73 Å². The van der Waals surface area contributed by atoms with Gasteiger partial charge in [0.05, 0.1) is 5.69 Å². The van der Waals surface area contributed by atoms with Crippen molar-refractivity contribution in [3.8, 4) is 0 Å². The summed E-state index contributed by atoms with van der Waals surface area (Å²) in [6.45, 7) is 3.63. The molecule has 0 saturated heterocycles. The first kappa shape index (κ1) is 13.9. The molecule has 3 nitrogen and oxygen atoms in total. The molecule has 0 radical (unpaired) electrons. The van der Waals surface area contributed by atoms with Crippen molar-refractivity contribution in [3.63, 3.8) is 0 Å². The molecule has 3 rings (SSSR count). The predicted molar refractivity (Wildman–Crippen MR) is 88.2 cm³/mol. The quantitative estimate of drug-likeness (QED) is 0.899. The van der Waals surface area contributed by atoms with E-state index in [1.54, 1.807) is 0 Å². The Morgan fingerprint density at radius 2 is 2.25 bits per heavy atom. The number of nitrogens with two attached hydrogens (primary N) is 1. The van der Waals surface area contributed by atoms with Gasteiger partial charge in [-0.1, -0.05) is 22.0 Å². The third kappa shape index (κ3) is 2.44. The highest BCUT2D eigenvalue weighted by Gasteiger charge is 2.28. The zero-order valence-corrected chi connectivity index (χ0v) is 13.8. The lowest BCUT2D eigenvalue weighted by molar-refractivity contribution is 0.0763. The number of rotatable bonds is 4. The van der Waals surface area contributed by atoms with Gasteiger partial charge in [0, 0.05) is 27.6 Å². The van der Waals surface area contributed by atoms with Gasteiger partial charge in [0.25, 0.3) is 5.91 Å². The van der Waals surface area contributed by atoms with Crippen molar-refractivity contribution in [2.45, 2.75) is 19.8 Å². The maximum atomic E-state index is 12.7. The first-order chi connectivity index (χ1) is 9.61. The van der Waals surface area contributed by atoms with Crippen molar-refractivity contribution in [2.24, 2.45) is 5.92 Å². The summed E-state index contributed by atoms with van der Waals surface area (Å²) in [5, 5.41) is 0.961. The van der Waals surface area contributed by atoms with Gasteiger partial charge in [-0.3, -0.25) is 4.79 Å². The highest BCUT2D eigenvalue weighted by atomic mass is 79.9. The van der Waals surface area contributed by atoms with Gasteiger partial charge in [-0.25, -0.2) is 0 Å². The molecule has 5 heteroatoms. The summed E-state index contributed by atoms with van der Waals surface area (Å²) in [5.41, 5.74) is 6.82. The van der Waals surface area contributed by atoms with Crippen molar-refractivity contribution < 1.29 is 4.79 Å². The molecule has 0 bridgehead atoms. The Labute approximate surface area is 130 Å². The number of benzene rings is 1. The van der Waals surface area contributed by atoms with E-state index in [1.165, 1.54) is 24.2 Å². The Morgan fingerprint density at radius 1 is 1.50 bits per heavy atom. The van der Waals surface area contributed by atoms with Crippen molar-refractivity contribution in [2.75, 3.05) is 18.8 Å². The molecule has 1 heterocycles. The van der Waals surface area contributed by atoms with Gasteiger partial charge in [-0.15, -0.1) is 11.3 Å². The number of amides is 1. The molecule has 0 unspecified atom stereocenters. The van der Waals surface area contributed by atoms with Crippen LogP contribution < -0.4 is 5.73 Å². The molecule has 1 aliphatic carbocycles. The number of halogens is 1. The van der Waals surface area contributed by atoms with Crippen LogP contribution in [0.1, 0.15) is 29.4 Å². The lowest BCUT2D eigenvalue weighted by atomic mass is 10.2. The Balaban J connectivity index is 1.98. The van der Waals surface area contributed by atoms with Crippen LogP contribution in [-0.4, -0.2) is 23.9 Å². The summed E-state index contributed by atoms with van der Waals surface area (Å²) in [5.74, 6) is 0.770. The minimum Gasteiger partial charge on any atom is -0.397 e. The highest BCUT2D eigenvalue weighted by molar-refractivity contribution is 9.10. The second kappa shape index (κ2) is 5.37. The molecule has 0 aliphatic heterocycles. The van der Waals surface area contributed by atoms with Gasteiger partial charge in [0.1, 0.15) is 4.88 Å². The summed E-state index contributed by atoms with van der Waals surface area (Å²) in [7, 11) is 0. The molecule has 2 aromatic rings. The number of anilines is 1. The zero-order chi connectivity index (χ0) is 14.3. The number of fused-ring (bicyclic) bond motifs is 1. The molecule has 106 valence electrons. The van der Waals surface area contributed by atoms with Gasteiger partial charge in [0.15, 0.2) is 0 Å². The van der Waals surface area contributed by atoms with Crippen LogP contribution in [0.15, 0.2) is 22.7 Å². The number of carbonyl (C=O) groups is 1. The largest absolute Gasteiger partial charge is 0.397 e. The number of nitrogens with zero attached hydrogens (tertiary/aromatic N) is 1. The van der Waals surface area contributed by atoms with Crippen LogP contribution >= 0.6 is 27.3 Å². The van der Waals surface area contributed by atoms with E-state index in [1.807, 2.05) is 30.0 Å². The van der Waals surface area contributed by atoms with E-state index in [0.717, 1.165) is 27.6 Å². The molecule has 1 amide bonds. The predicted octanol–water partition coefficient (Wildman–Crippen LogP) is 4.12. The average molecular weight is 353 g/mol. The molecular weight excluding hydrogens is 336 g/mol. The third-order valence-electron chi connectivity index (χ3n) is 3.74. The van der Waals surface area contributed by atoms with E-state index in [2.05, 4.69) is 15.9 Å².